The SMILES string of the molecule is CN1CC(S(=O)(=O)c2ccc(-c3cccc4[nH]ncc34)c(-c3nn[nH]n3)c2S(N)=O)C1. The zero-order valence-corrected chi connectivity index (χ0v) is 17.9. The minimum absolute atomic E-state index is 0.0334. The molecule has 0 radical (unpaired) electrons. The van der Waals surface area contributed by atoms with E-state index < -0.39 is 26.1 Å². The number of fused-ring (bicyclic) bond motifs is 1. The summed E-state index contributed by atoms with van der Waals surface area (Å²) in [7, 11) is -4.07. The van der Waals surface area contributed by atoms with Crippen LogP contribution >= 0.6 is 0 Å². The average Bonchev–Trinajstić information content (AvgIpc) is 3.41. The number of hydrogen-bond donors (Lipinski definition) is 3. The summed E-state index contributed by atoms with van der Waals surface area (Å²) >= 11 is 0. The Kier molecular flexibility index (Phi) is 4.69. The summed E-state index contributed by atoms with van der Waals surface area (Å²) in [6.45, 7) is 0.791. The van der Waals surface area contributed by atoms with E-state index in [2.05, 4.69) is 30.8 Å². The van der Waals surface area contributed by atoms with Gasteiger partial charge in [-0.05, 0) is 35.5 Å². The van der Waals surface area contributed by atoms with Crippen LogP contribution in [0.5, 0.6) is 0 Å². The topological polar surface area (TPSA) is 164 Å². The number of benzene rings is 2. The van der Waals surface area contributed by atoms with Crippen LogP contribution in [0.1, 0.15) is 0 Å². The predicted molar refractivity (Wildman–Crippen MR) is 114 cm³/mol. The first-order valence-electron chi connectivity index (χ1n) is 9.30. The predicted octanol–water partition coefficient (Wildman–Crippen LogP) is 0.479. The standard InChI is InChI=1S/C18H18N8O3S2/c1-26-8-10(9-26)31(28,29)15-6-5-12(11-3-2-4-14-13(11)7-20-21-14)16(17(15)30(19)27)18-22-24-25-23-18/h2-7,10H,8-9,19H2,1H3,(H,20,21)(H,22,23,24,25). The molecule has 4 N–H and O–H groups in total. The zero-order valence-electron chi connectivity index (χ0n) is 16.3. The van der Waals surface area contributed by atoms with Crippen molar-refractivity contribution in [3.8, 4) is 22.5 Å². The van der Waals surface area contributed by atoms with Crippen LogP contribution < -0.4 is 5.14 Å². The molecule has 1 atom stereocenters. The fourth-order valence-electron chi connectivity index (χ4n) is 3.92. The van der Waals surface area contributed by atoms with E-state index in [1.165, 1.54) is 6.07 Å². The third-order valence-electron chi connectivity index (χ3n) is 5.44. The highest BCUT2D eigenvalue weighted by atomic mass is 32.2. The minimum Gasteiger partial charge on any atom is -0.304 e. The first-order chi connectivity index (χ1) is 14.9. The van der Waals surface area contributed by atoms with Crippen LogP contribution in [0.25, 0.3) is 33.4 Å². The van der Waals surface area contributed by atoms with E-state index in [1.807, 2.05) is 30.1 Å². The summed E-state index contributed by atoms with van der Waals surface area (Å²) in [5.74, 6) is 0.104. The highest BCUT2D eigenvalue weighted by Gasteiger charge is 2.39. The number of rotatable bonds is 5. The Hall–Kier alpha value is -3.00. The van der Waals surface area contributed by atoms with Crippen molar-refractivity contribution in [2.75, 3.05) is 20.1 Å². The van der Waals surface area contributed by atoms with Gasteiger partial charge in [0.1, 0.15) is 11.0 Å². The zero-order chi connectivity index (χ0) is 21.8. The fourth-order valence-corrected chi connectivity index (χ4v) is 7.06. The lowest BCUT2D eigenvalue weighted by molar-refractivity contribution is 0.231. The first-order valence-corrected chi connectivity index (χ1v) is 12.1. The lowest BCUT2D eigenvalue weighted by atomic mass is 9.96. The van der Waals surface area contributed by atoms with Crippen molar-refractivity contribution in [3.05, 3.63) is 36.5 Å². The molecule has 2 aromatic carbocycles. The Labute approximate surface area is 179 Å². The third kappa shape index (κ3) is 3.17. The van der Waals surface area contributed by atoms with Crippen molar-refractivity contribution in [1.82, 2.24) is 35.7 Å². The fraction of sp³-hybridized carbons (Fsp3) is 0.222. The number of H-pyrrole nitrogens is 2. The van der Waals surface area contributed by atoms with Gasteiger partial charge in [0.2, 0.25) is 5.82 Å². The smallest absolute Gasteiger partial charge is 0.206 e. The minimum atomic E-state index is -3.77. The molecule has 160 valence electrons. The Bertz CT molecular complexity index is 1410. The monoisotopic (exact) mass is 458 g/mol. The van der Waals surface area contributed by atoms with Crippen LogP contribution in [-0.2, 0) is 20.8 Å². The number of sulfone groups is 1. The molecule has 0 spiro atoms. The molecule has 0 aliphatic carbocycles. The van der Waals surface area contributed by atoms with Crippen LogP contribution in [0.3, 0.4) is 0 Å². The van der Waals surface area contributed by atoms with E-state index in [9.17, 15) is 12.6 Å². The van der Waals surface area contributed by atoms with Gasteiger partial charge in [-0.25, -0.2) is 17.8 Å². The summed E-state index contributed by atoms with van der Waals surface area (Å²) in [5.41, 5.74) is 2.37. The van der Waals surface area contributed by atoms with Crippen LogP contribution in [0.15, 0.2) is 46.3 Å². The molecule has 0 bridgehead atoms. The summed E-state index contributed by atoms with van der Waals surface area (Å²) in [6, 6.07) is 8.69. The van der Waals surface area contributed by atoms with Crippen molar-refractivity contribution in [3.63, 3.8) is 0 Å². The van der Waals surface area contributed by atoms with Crippen molar-refractivity contribution >= 4 is 31.7 Å². The largest absolute Gasteiger partial charge is 0.304 e. The number of aromatic amines is 2. The van der Waals surface area contributed by atoms with Crippen LogP contribution in [-0.4, -0.2) is 73.7 Å². The summed E-state index contributed by atoms with van der Waals surface area (Å²) in [4.78, 5) is 1.79. The maximum absolute atomic E-state index is 13.3. The Morgan fingerprint density at radius 2 is 2.00 bits per heavy atom. The lowest BCUT2D eigenvalue weighted by Crippen LogP contribution is -2.52. The third-order valence-corrected chi connectivity index (χ3v) is 8.53. The molecule has 1 fully saturated rings. The molecule has 0 amide bonds. The van der Waals surface area contributed by atoms with Gasteiger partial charge >= 0.3 is 0 Å². The van der Waals surface area contributed by atoms with Gasteiger partial charge in [0, 0.05) is 24.0 Å². The molecule has 4 aromatic rings. The summed E-state index contributed by atoms with van der Waals surface area (Å²) < 4.78 is 39.4. The quantitative estimate of drug-likeness (QED) is 0.389. The second-order valence-corrected chi connectivity index (χ2v) is 10.6. The second kappa shape index (κ2) is 7.30. The number of tetrazole rings is 1. The van der Waals surface area contributed by atoms with Crippen molar-refractivity contribution < 1.29 is 12.6 Å². The van der Waals surface area contributed by atoms with Crippen LogP contribution in [0.4, 0.5) is 0 Å². The molecule has 1 saturated heterocycles. The van der Waals surface area contributed by atoms with Crippen molar-refractivity contribution in [2.45, 2.75) is 15.0 Å². The number of nitrogens with zero attached hydrogens (tertiary/aromatic N) is 5. The highest BCUT2D eigenvalue weighted by Crippen LogP contribution is 2.41. The van der Waals surface area contributed by atoms with E-state index in [4.69, 9.17) is 5.14 Å². The molecular weight excluding hydrogens is 440 g/mol. The van der Waals surface area contributed by atoms with E-state index in [0.717, 1.165) is 16.5 Å². The molecule has 11 nitrogen and oxygen atoms in total. The molecule has 1 aliphatic heterocycles. The maximum Gasteiger partial charge on any atom is 0.206 e. The number of likely N-dealkylation sites (tertiary alicyclic amines) is 1. The number of aromatic nitrogens is 6. The van der Waals surface area contributed by atoms with Crippen LogP contribution in [0, 0.1) is 0 Å². The van der Waals surface area contributed by atoms with E-state index >= 15 is 0 Å². The van der Waals surface area contributed by atoms with Crippen LogP contribution in [0.2, 0.25) is 0 Å². The van der Waals surface area contributed by atoms with Gasteiger partial charge in [-0.1, -0.05) is 18.2 Å². The molecule has 1 aliphatic rings. The highest BCUT2D eigenvalue weighted by molar-refractivity contribution is 7.93. The molecule has 3 heterocycles. The summed E-state index contributed by atoms with van der Waals surface area (Å²) in [6.07, 6.45) is 1.67. The van der Waals surface area contributed by atoms with Gasteiger partial charge in [-0.15, -0.1) is 10.2 Å². The average molecular weight is 459 g/mol. The molecule has 1 unspecified atom stereocenters. The molecule has 13 heteroatoms. The second-order valence-electron chi connectivity index (χ2n) is 7.37. The normalized spacial score (nSPS) is 16.5. The van der Waals surface area contributed by atoms with Gasteiger partial charge in [-0.3, -0.25) is 5.10 Å². The van der Waals surface area contributed by atoms with Gasteiger partial charge < -0.3 is 4.90 Å². The van der Waals surface area contributed by atoms with Gasteiger partial charge in [0.05, 0.1) is 26.8 Å². The van der Waals surface area contributed by atoms with E-state index in [-0.39, 0.29) is 21.2 Å². The number of hydrogen-bond acceptors (Lipinski definition) is 8. The Morgan fingerprint density at radius 1 is 1.19 bits per heavy atom. The van der Waals surface area contributed by atoms with Gasteiger partial charge in [0.15, 0.2) is 9.84 Å². The molecule has 5 rings (SSSR count). The van der Waals surface area contributed by atoms with E-state index in [1.54, 1.807) is 12.3 Å². The number of nitrogens with one attached hydrogen (secondary N) is 2. The number of nitrogens with two attached hydrogens (primary N) is 1. The van der Waals surface area contributed by atoms with Gasteiger partial charge in [-0.2, -0.15) is 10.3 Å². The molecule has 31 heavy (non-hydrogen) atoms. The van der Waals surface area contributed by atoms with E-state index in [0.29, 0.717) is 18.7 Å². The lowest BCUT2D eigenvalue weighted by Gasteiger charge is -2.35. The first kappa shape index (κ1) is 19.9. The molecule has 2 aromatic heterocycles. The van der Waals surface area contributed by atoms with Crippen molar-refractivity contribution in [1.29, 1.82) is 0 Å². The Balaban J connectivity index is 1.83. The van der Waals surface area contributed by atoms with Gasteiger partial charge in [0.25, 0.3) is 0 Å². The summed E-state index contributed by atoms with van der Waals surface area (Å²) in [5, 5.41) is 27.1. The Morgan fingerprint density at radius 3 is 2.68 bits per heavy atom. The van der Waals surface area contributed by atoms with Crippen molar-refractivity contribution in [2.24, 2.45) is 5.14 Å². The molecular formula is C18H18N8O3S2. The molecule has 0 saturated carbocycles. The maximum atomic E-state index is 13.3.